The molecule has 0 saturated carbocycles. The van der Waals surface area contributed by atoms with Crippen LogP contribution in [0.5, 0.6) is 0 Å². The van der Waals surface area contributed by atoms with E-state index < -0.39 is 0 Å². The second-order valence-electron chi connectivity index (χ2n) is 2.79. The van der Waals surface area contributed by atoms with Crippen molar-refractivity contribution < 1.29 is 49.9 Å². The molecule has 0 aromatic rings. The van der Waals surface area contributed by atoms with Crippen LogP contribution in [0, 0.1) is 46.8 Å². The van der Waals surface area contributed by atoms with Crippen LogP contribution in [0.3, 0.4) is 0 Å². The van der Waals surface area contributed by atoms with Crippen molar-refractivity contribution >= 4 is 8.69 Å². The Morgan fingerprint density at radius 2 is 2.08 bits per heavy atom. The van der Waals surface area contributed by atoms with Crippen LogP contribution in [-0.4, -0.2) is 6.61 Å². The summed E-state index contributed by atoms with van der Waals surface area (Å²) in [5.74, 6) is 0.594. The third-order valence-electron chi connectivity index (χ3n) is 1.91. The van der Waals surface area contributed by atoms with Crippen molar-refractivity contribution in [3.8, 4) is 0 Å². The summed E-state index contributed by atoms with van der Waals surface area (Å²) in [6, 6.07) is 0. The van der Waals surface area contributed by atoms with Gasteiger partial charge < -0.3 is 0 Å². The van der Waals surface area contributed by atoms with E-state index in [1.54, 1.807) is 0 Å². The molecule has 0 saturated heterocycles. The summed E-state index contributed by atoms with van der Waals surface area (Å²) in [5.41, 5.74) is 0. The van der Waals surface area contributed by atoms with Crippen molar-refractivity contribution in [3.63, 3.8) is 0 Å². The molecule has 0 aliphatic heterocycles. The number of hydrogen-bond donors (Lipinski definition) is 0. The Bertz CT molecular complexity index is 101. The Morgan fingerprint density at radius 3 is 2.50 bits per heavy atom. The molecule has 1 unspecified atom stereocenters. The van der Waals surface area contributed by atoms with Crippen LogP contribution in [-0.2, 0) is 9.09 Å². The van der Waals surface area contributed by atoms with Gasteiger partial charge in [-0.05, 0) is 12.3 Å². The molecular weight excluding hydrogens is 303 g/mol. The van der Waals surface area contributed by atoms with E-state index in [4.69, 9.17) is 4.52 Å². The van der Waals surface area contributed by atoms with Crippen LogP contribution < -0.4 is 0 Å². The van der Waals surface area contributed by atoms with Crippen LogP contribution >= 0.6 is 8.69 Å². The molecule has 12 heavy (non-hydrogen) atoms. The molecule has 0 aliphatic rings. The van der Waals surface area contributed by atoms with Gasteiger partial charge in [0.25, 0.3) is 0 Å². The third-order valence-corrected chi connectivity index (χ3v) is 2.16. The first kappa shape index (κ1) is 15.9. The topological polar surface area (TPSA) is 26.3 Å². The second-order valence-corrected chi connectivity index (χ2v) is 3.19. The molecule has 0 aromatic heterocycles. The smallest absolute Gasteiger partial charge is 0.294 e. The molecular formula is C8H17NdO2P. The van der Waals surface area contributed by atoms with Gasteiger partial charge in [0.15, 0.2) is 0 Å². The maximum Gasteiger partial charge on any atom is 0.327 e. The Kier molecular flexibility index (Phi) is 16.4. The van der Waals surface area contributed by atoms with Crippen molar-refractivity contribution in [2.75, 3.05) is 6.61 Å². The predicted octanol–water partition coefficient (Wildman–Crippen LogP) is 3.43. The van der Waals surface area contributed by atoms with Gasteiger partial charge in [-0.1, -0.05) is 33.1 Å². The molecule has 1 atom stereocenters. The molecule has 0 fully saturated rings. The first-order valence-corrected chi connectivity index (χ1v) is 5.02. The minimum Gasteiger partial charge on any atom is -0.294 e. The summed E-state index contributed by atoms with van der Waals surface area (Å²) in [7, 11) is -0.181. The van der Waals surface area contributed by atoms with E-state index in [2.05, 4.69) is 13.8 Å². The molecule has 0 radical (unpaired) electrons. The first-order chi connectivity index (χ1) is 5.35. The van der Waals surface area contributed by atoms with Crippen molar-refractivity contribution in [3.05, 3.63) is 0 Å². The molecule has 0 bridgehead atoms. The van der Waals surface area contributed by atoms with E-state index in [-0.39, 0.29) is 49.5 Å². The van der Waals surface area contributed by atoms with Gasteiger partial charge in [-0.3, -0.25) is 4.52 Å². The SMILES string of the molecule is CCCCC(CC)COP=O.[Nd]. The average Bonchev–Trinajstić information content (AvgIpc) is 2.05. The predicted molar refractivity (Wildman–Crippen MR) is 46.9 cm³/mol. The fraction of sp³-hybridized carbons (Fsp3) is 1.00. The molecule has 0 aromatic carbocycles. The average molecular weight is 320 g/mol. The minimum absolute atomic E-state index is 0. The third kappa shape index (κ3) is 9.50. The van der Waals surface area contributed by atoms with Crippen LogP contribution in [0.25, 0.3) is 0 Å². The van der Waals surface area contributed by atoms with Crippen molar-refractivity contribution in [1.82, 2.24) is 0 Å². The zero-order chi connectivity index (χ0) is 8.53. The minimum atomic E-state index is -0.181. The van der Waals surface area contributed by atoms with E-state index in [0.29, 0.717) is 12.5 Å². The summed E-state index contributed by atoms with van der Waals surface area (Å²) >= 11 is 0. The van der Waals surface area contributed by atoms with Crippen molar-refractivity contribution in [2.24, 2.45) is 5.92 Å². The van der Waals surface area contributed by atoms with E-state index in [1.165, 1.54) is 19.3 Å². The number of unbranched alkanes of at least 4 members (excludes halogenated alkanes) is 1. The molecule has 0 amide bonds. The monoisotopic (exact) mass is 318 g/mol. The normalized spacial score (nSPS) is 12.5. The van der Waals surface area contributed by atoms with Gasteiger partial charge in [-0.15, -0.1) is 0 Å². The number of hydrogen-bond acceptors (Lipinski definition) is 2. The first-order valence-electron chi connectivity index (χ1n) is 4.29. The summed E-state index contributed by atoms with van der Waals surface area (Å²) < 4.78 is 14.8. The Hall–Kier alpha value is 1.41. The Labute approximate surface area is 110 Å². The Balaban J connectivity index is 0. The maximum atomic E-state index is 9.97. The van der Waals surface area contributed by atoms with E-state index in [9.17, 15) is 4.57 Å². The van der Waals surface area contributed by atoms with Gasteiger partial charge in [0.2, 0.25) is 0 Å². The van der Waals surface area contributed by atoms with Crippen molar-refractivity contribution in [1.29, 1.82) is 0 Å². The van der Waals surface area contributed by atoms with Crippen LogP contribution in [0.15, 0.2) is 0 Å². The second kappa shape index (κ2) is 12.4. The van der Waals surface area contributed by atoms with Gasteiger partial charge >= 0.3 is 8.69 Å². The van der Waals surface area contributed by atoms with Gasteiger partial charge in [0.05, 0.1) is 6.61 Å². The zero-order valence-electron chi connectivity index (χ0n) is 7.88. The Morgan fingerprint density at radius 1 is 1.42 bits per heavy atom. The summed E-state index contributed by atoms with van der Waals surface area (Å²) in [6.45, 7) is 4.96. The van der Waals surface area contributed by atoms with Crippen molar-refractivity contribution in [2.45, 2.75) is 39.5 Å². The maximum absolute atomic E-state index is 9.97. The fourth-order valence-corrected chi connectivity index (χ4v) is 1.31. The molecule has 70 valence electrons. The molecule has 0 heterocycles. The summed E-state index contributed by atoms with van der Waals surface area (Å²) in [4.78, 5) is 0. The molecule has 4 heteroatoms. The quantitative estimate of drug-likeness (QED) is 0.672. The molecule has 0 spiro atoms. The van der Waals surface area contributed by atoms with Crippen LogP contribution in [0.1, 0.15) is 39.5 Å². The molecule has 0 rings (SSSR count). The fourth-order valence-electron chi connectivity index (χ4n) is 1.03. The van der Waals surface area contributed by atoms with Crippen LogP contribution in [0.4, 0.5) is 0 Å². The van der Waals surface area contributed by atoms with Gasteiger partial charge in [0.1, 0.15) is 0 Å². The standard InChI is InChI=1S/C8H17O2P.Nd/c1-3-5-6-8(4-2)7-10-11-9;/h8H,3-7H2,1-2H3;. The van der Waals surface area contributed by atoms with Gasteiger partial charge in [-0.2, -0.15) is 0 Å². The molecule has 2 nitrogen and oxygen atoms in total. The van der Waals surface area contributed by atoms with Gasteiger partial charge in [0, 0.05) is 40.8 Å². The zero-order valence-corrected chi connectivity index (χ0v) is 12.0. The van der Waals surface area contributed by atoms with E-state index in [1.807, 2.05) is 0 Å². The van der Waals surface area contributed by atoms with E-state index >= 15 is 0 Å². The van der Waals surface area contributed by atoms with E-state index in [0.717, 1.165) is 6.42 Å². The van der Waals surface area contributed by atoms with Crippen LogP contribution in [0.2, 0.25) is 0 Å². The molecule has 0 N–H and O–H groups in total. The largest absolute Gasteiger partial charge is 0.327 e. The summed E-state index contributed by atoms with van der Waals surface area (Å²) in [6.07, 6.45) is 4.79. The summed E-state index contributed by atoms with van der Waals surface area (Å²) in [5, 5.41) is 0. The van der Waals surface area contributed by atoms with Gasteiger partial charge in [-0.25, -0.2) is 4.57 Å². The number of rotatable bonds is 7. The molecule has 0 aliphatic carbocycles.